The van der Waals surface area contributed by atoms with Gasteiger partial charge in [-0.15, -0.1) is 0 Å². The summed E-state index contributed by atoms with van der Waals surface area (Å²) in [4.78, 5) is 12.6. The van der Waals surface area contributed by atoms with E-state index in [1.54, 1.807) is 6.20 Å². The SMILES string of the molecule is CCCn1ncc(Br)c1C(=O)C1CCCCCN1. The Morgan fingerprint density at radius 3 is 3.17 bits per heavy atom. The Labute approximate surface area is 116 Å². The lowest BCUT2D eigenvalue weighted by molar-refractivity contribution is 0.0929. The standard InChI is InChI=1S/C13H20BrN3O/c1-2-8-17-12(10(14)9-16-17)13(18)11-6-4-3-5-7-15-11/h9,11,15H,2-8H2,1H3. The number of nitrogens with zero attached hydrogens (tertiary/aromatic N) is 2. The van der Waals surface area contributed by atoms with E-state index < -0.39 is 0 Å². The zero-order valence-electron chi connectivity index (χ0n) is 10.8. The predicted molar refractivity (Wildman–Crippen MR) is 74.8 cm³/mol. The molecule has 1 aromatic rings. The number of carbonyl (C=O) groups excluding carboxylic acids is 1. The molecular weight excluding hydrogens is 294 g/mol. The molecule has 1 N–H and O–H groups in total. The van der Waals surface area contributed by atoms with E-state index in [0.717, 1.165) is 42.5 Å². The van der Waals surface area contributed by atoms with Gasteiger partial charge < -0.3 is 5.32 Å². The fourth-order valence-corrected chi connectivity index (χ4v) is 2.90. The lowest BCUT2D eigenvalue weighted by Crippen LogP contribution is -2.37. The second-order valence-electron chi connectivity index (χ2n) is 4.78. The average molecular weight is 314 g/mol. The quantitative estimate of drug-likeness (QED) is 0.869. The maximum absolute atomic E-state index is 12.6. The van der Waals surface area contributed by atoms with E-state index >= 15 is 0 Å². The molecule has 0 saturated carbocycles. The zero-order valence-corrected chi connectivity index (χ0v) is 12.4. The highest BCUT2D eigenvalue weighted by molar-refractivity contribution is 9.10. The van der Waals surface area contributed by atoms with Crippen LogP contribution in [0.4, 0.5) is 0 Å². The van der Waals surface area contributed by atoms with Crippen molar-refractivity contribution in [2.24, 2.45) is 0 Å². The first-order valence-corrected chi connectivity index (χ1v) is 7.52. The minimum absolute atomic E-state index is 0.0453. The predicted octanol–water partition coefficient (Wildman–Crippen LogP) is 2.77. The van der Waals surface area contributed by atoms with Gasteiger partial charge in [0.1, 0.15) is 5.69 Å². The second-order valence-corrected chi connectivity index (χ2v) is 5.64. The Morgan fingerprint density at radius 1 is 1.56 bits per heavy atom. The topological polar surface area (TPSA) is 46.9 Å². The van der Waals surface area contributed by atoms with Crippen LogP contribution >= 0.6 is 15.9 Å². The molecule has 1 saturated heterocycles. The minimum Gasteiger partial charge on any atom is -0.307 e. The molecular formula is C13H20BrN3O. The first-order chi connectivity index (χ1) is 8.74. The van der Waals surface area contributed by atoms with Gasteiger partial charge in [-0.3, -0.25) is 9.48 Å². The molecule has 5 heteroatoms. The molecule has 2 rings (SSSR count). The number of hydrogen-bond donors (Lipinski definition) is 1. The number of nitrogens with one attached hydrogen (secondary N) is 1. The molecule has 0 bridgehead atoms. The van der Waals surface area contributed by atoms with E-state index in [1.807, 2.05) is 4.68 Å². The van der Waals surface area contributed by atoms with Gasteiger partial charge in [0, 0.05) is 6.54 Å². The van der Waals surface area contributed by atoms with Gasteiger partial charge in [0.05, 0.1) is 16.7 Å². The van der Waals surface area contributed by atoms with Gasteiger partial charge >= 0.3 is 0 Å². The van der Waals surface area contributed by atoms with Crippen molar-refractivity contribution >= 4 is 21.7 Å². The fourth-order valence-electron chi connectivity index (χ4n) is 2.41. The first-order valence-electron chi connectivity index (χ1n) is 6.73. The van der Waals surface area contributed by atoms with Gasteiger partial charge in [-0.1, -0.05) is 19.8 Å². The van der Waals surface area contributed by atoms with Crippen molar-refractivity contribution in [1.29, 1.82) is 0 Å². The molecule has 1 atom stereocenters. The number of ketones is 1. The lowest BCUT2D eigenvalue weighted by Gasteiger charge is -2.15. The van der Waals surface area contributed by atoms with E-state index in [1.165, 1.54) is 12.8 Å². The molecule has 1 fully saturated rings. The van der Waals surface area contributed by atoms with Crippen molar-refractivity contribution < 1.29 is 4.79 Å². The van der Waals surface area contributed by atoms with Gasteiger partial charge in [0.15, 0.2) is 5.78 Å². The molecule has 0 spiro atoms. The molecule has 0 aromatic carbocycles. The van der Waals surface area contributed by atoms with Gasteiger partial charge in [0.2, 0.25) is 0 Å². The number of Topliss-reactive ketones (excluding diaryl/α,β-unsaturated/α-hetero) is 1. The Morgan fingerprint density at radius 2 is 2.39 bits per heavy atom. The molecule has 0 aliphatic carbocycles. The molecule has 1 aliphatic heterocycles. The minimum atomic E-state index is -0.0453. The summed E-state index contributed by atoms with van der Waals surface area (Å²) in [6.07, 6.45) is 7.14. The van der Waals surface area contributed by atoms with Crippen LogP contribution in [0.2, 0.25) is 0 Å². The summed E-state index contributed by atoms with van der Waals surface area (Å²) in [5, 5.41) is 7.62. The normalized spacial score (nSPS) is 20.7. The Hall–Kier alpha value is -0.680. The molecule has 1 aliphatic rings. The second kappa shape index (κ2) is 6.48. The summed E-state index contributed by atoms with van der Waals surface area (Å²) >= 11 is 3.44. The number of hydrogen-bond acceptors (Lipinski definition) is 3. The third-order valence-electron chi connectivity index (χ3n) is 3.34. The van der Waals surface area contributed by atoms with Crippen LogP contribution in [0.5, 0.6) is 0 Å². The summed E-state index contributed by atoms with van der Waals surface area (Å²) in [5.41, 5.74) is 0.719. The fraction of sp³-hybridized carbons (Fsp3) is 0.692. The van der Waals surface area contributed by atoms with Crippen LogP contribution in [0.15, 0.2) is 10.7 Å². The maximum Gasteiger partial charge on any atom is 0.198 e. The van der Waals surface area contributed by atoms with Gasteiger partial charge in [-0.25, -0.2) is 0 Å². The van der Waals surface area contributed by atoms with Crippen LogP contribution < -0.4 is 5.32 Å². The summed E-state index contributed by atoms with van der Waals surface area (Å²) in [6, 6.07) is -0.0453. The Bertz CT molecular complexity index is 408. The van der Waals surface area contributed by atoms with E-state index in [9.17, 15) is 4.79 Å². The summed E-state index contributed by atoms with van der Waals surface area (Å²) in [7, 11) is 0. The summed E-state index contributed by atoms with van der Waals surface area (Å²) in [5.74, 6) is 0.176. The molecule has 2 heterocycles. The smallest absolute Gasteiger partial charge is 0.198 e. The van der Waals surface area contributed by atoms with Crippen LogP contribution in [0.3, 0.4) is 0 Å². The van der Waals surface area contributed by atoms with E-state index in [-0.39, 0.29) is 11.8 Å². The largest absolute Gasteiger partial charge is 0.307 e. The molecule has 18 heavy (non-hydrogen) atoms. The highest BCUT2D eigenvalue weighted by atomic mass is 79.9. The van der Waals surface area contributed by atoms with Crippen molar-refractivity contribution in [2.75, 3.05) is 6.54 Å². The van der Waals surface area contributed by atoms with Gasteiger partial charge in [-0.05, 0) is 41.7 Å². The first kappa shape index (κ1) is 13.7. The van der Waals surface area contributed by atoms with Crippen LogP contribution in [0, 0.1) is 0 Å². The van der Waals surface area contributed by atoms with Crippen molar-refractivity contribution in [3.05, 3.63) is 16.4 Å². The van der Waals surface area contributed by atoms with E-state index in [2.05, 4.69) is 33.3 Å². The van der Waals surface area contributed by atoms with Crippen LogP contribution in [-0.2, 0) is 6.54 Å². The van der Waals surface area contributed by atoms with Crippen molar-refractivity contribution in [3.8, 4) is 0 Å². The maximum atomic E-state index is 12.6. The number of carbonyl (C=O) groups is 1. The zero-order chi connectivity index (χ0) is 13.0. The highest BCUT2D eigenvalue weighted by Crippen LogP contribution is 2.21. The highest BCUT2D eigenvalue weighted by Gasteiger charge is 2.25. The third-order valence-corrected chi connectivity index (χ3v) is 3.92. The summed E-state index contributed by atoms with van der Waals surface area (Å²) in [6.45, 7) is 3.82. The molecule has 100 valence electrons. The Balaban J connectivity index is 2.18. The molecule has 0 amide bonds. The molecule has 1 aromatic heterocycles. The average Bonchev–Trinajstić information content (AvgIpc) is 2.58. The lowest BCUT2D eigenvalue weighted by atomic mass is 10.0. The number of aryl methyl sites for hydroxylation is 1. The monoisotopic (exact) mass is 313 g/mol. The van der Waals surface area contributed by atoms with E-state index in [4.69, 9.17) is 0 Å². The molecule has 4 nitrogen and oxygen atoms in total. The van der Waals surface area contributed by atoms with Crippen LogP contribution in [-0.4, -0.2) is 28.2 Å². The van der Waals surface area contributed by atoms with Gasteiger partial charge in [0.25, 0.3) is 0 Å². The van der Waals surface area contributed by atoms with Gasteiger partial charge in [-0.2, -0.15) is 5.10 Å². The Kier molecular flexibility index (Phi) is 4.95. The third kappa shape index (κ3) is 3.01. The van der Waals surface area contributed by atoms with Crippen LogP contribution in [0.25, 0.3) is 0 Å². The molecule has 0 radical (unpaired) electrons. The van der Waals surface area contributed by atoms with Crippen LogP contribution in [0.1, 0.15) is 49.5 Å². The number of aromatic nitrogens is 2. The summed E-state index contributed by atoms with van der Waals surface area (Å²) < 4.78 is 2.63. The number of halogens is 1. The van der Waals surface area contributed by atoms with Crippen molar-refractivity contribution in [1.82, 2.24) is 15.1 Å². The number of rotatable bonds is 4. The van der Waals surface area contributed by atoms with Crippen molar-refractivity contribution in [3.63, 3.8) is 0 Å². The molecule has 1 unspecified atom stereocenters. The van der Waals surface area contributed by atoms with Crippen molar-refractivity contribution in [2.45, 2.75) is 51.6 Å². The van der Waals surface area contributed by atoms with E-state index in [0.29, 0.717) is 0 Å².